The van der Waals surface area contributed by atoms with E-state index in [4.69, 9.17) is 9.72 Å². The Balaban J connectivity index is 1.72. The maximum absolute atomic E-state index is 13.3. The molecular formula is C26H24BrN3O2. The Kier molecular flexibility index (Phi) is 6.81. The lowest BCUT2D eigenvalue weighted by atomic mass is 10.1. The minimum Gasteiger partial charge on any atom is -0.488 e. The van der Waals surface area contributed by atoms with Gasteiger partial charge in [-0.25, -0.2) is 4.98 Å². The van der Waals surface area contributed by atoms with Gasteiger partial charge in [-0.05, 0) is 42.3 Å². The van der Waals surface area contributed by atoms with E-state index in [-0.39, 0.29) is 11.5 Å². The molecule has 162 valence electrons. The first kappa shape index (κ1) is 22.0. The highest BCUT2D eigenvalue weighted by molar-refractivity contribution is 9.10. The average Bonchev–Trinajstić information content (AvgIpc) is 2.83. The number of hydrogen-bond acceptors (Lipinski definition) is 4. The van der Waals surface area contributed by atoms with Crippen molar-refractivity contribution in [3.05, 3.63) is 105 Å². The third kappa shape index (κ3) is 4.81. The molecule has 0 amide bonds. The van der Waals surface area contributed by atoms with Crippen molar-refractivity contribution in [3.8, 4) is 5.75 Å². The molecule has 0 spiro atoms. The van der Waals surface area contributed by atoms with Crippen LogP contribution >= 0.6 is 15.9 Å². The second-order valence-electron chi connectivity index (χ2n) is 7.61. The molecule has 0 aliphatic carbocycles. The number of aromatic nitrogens is 2. The largest absolute Gasteiger partial charge is 0.488 e. The second-order valence-corrected chi connectivity index (χ2v) is 8.53. The van der Waals surface area contributed by atoms with Gasteiger partial charge in [-0.3, -0.25) is 4.79 Å². The van der Waals surface area contributed by atoms with E-state index in [0.29, 0.717) is 29.1 Å². The first-order valence-electron chi connectivity index (χ1n) is 10.6. The number of nitrogens with zero attached hydrogens (tertiary/aromatic N) is 3. The van der Waals surface area contributed by atoms with Crippen LogP contribution in [0.15, 0.2) is 87.2 Å². The highest BCUT2D eigenvalue weighted by Gasteiger charge is 2.15. The van der Waals surface area contributed by atoms with E-state index in [1.54, 1.807) is 12.3 Å². The summed E-state index contributed by atoms with van der Waals surface area (Å²) in [6.45, 7) is 4.58. The summed E-state index contributed by atoms with van der Waals surface area (Å²) in [6.07, 6.45) is 2.51. The fourth-order valence-electron chi connectivity index (χ4n) is 3.35. The normalized spacial score (nSPS) is 12.3. The van der Waals surface area contributed by atoms with Gasteiger partial charge in [0.25, 0.3) is 5.56 Å². The molecule has 4 aromatic rings. The minimum absolute atomic E-state index is 0.0810. The number of ether oxygens (including phenoxy) is 1. The average molecular weight is 490 g/mol. The van der Waals surface area contributed by atoms with E-state index in [1.165, 1.54) is 4.68 Å². The summed E-state index contributed by atoms with van der Waals surface area (Å²) in [5.74, 6) is 1.43. The molecule has 6 heteroatoms. The molecule has 1 heterocycles. The number of fused-ring (bicyclic) bond motifs is 1. The van der Waals surface area contributed by atoms with Crippen molar-refractivity contribution in [1.29, 1.82) is 0 Å². The molecule has 0 bridgehead atoms. The van der Waals surface area contributed by atoms with Gasteiger partial charge in [0.15, 0.2) is 0 Å². The van der Waals surface area contributed by atoms with Crippen LogP contribution < -0.4 is 10.3 Å². The van der Waals surface area contributed by atoms with Gasteiger partial charge in [-0.2, -0.15) is 9.78 Å². The van der Waals surface area contributed by atoms with Crippen LogP contribution in [0, 0.1) is 0 Å². The summed E-state index contributed by atoms with van der Waals surface area (Å²) >= 11 is 3.44. The summed E-state index contributed by atoms with van der Waals surface area (Å²) in [7, 11) is 0. The molecule has 1 atom stereocenters. The van der Waals surface area contributed by atoms with Crippen LogP contribution in [0.1, 0.15) is 43.1 Å². The van der Waals surface area contributed by atoms with Crippen molar-refractivity contribution in [3.63, 3.8) is 0 Å². The molecule has 5 nitrogen and oxygen atoms in total. The highest BCUT2D eigenvalue weighted by atomic mass is 79.9. The van der Waals surface area contributed by atoms with E-state index in [9.17, 15) is 4.79 Å². The topological polar surface area (TPSA) is 56.5 Å². The zero-order chi connectivity index (χ0) is 22.5. The molecule has 0 unspecified atom stereocenters. The maximum atomic E-state index is 13.3. The number of para-hydroxylation sites is 1. The summed E-state index contributed by atoms with van der Waals surface area (Å²) in [4.78, 5) is 18.1. The van der Waals surface area contributed by atoms with Crippen molar-refractivity contribution >= 4 is 33.0 Å². The van der Waals surface area contributed by atoms with E-state index in [1.807, 2.05) is 66.7 Å². The molecule has 0 saturated heterocycles. The maximum Gasteiger partial charge on any atom is 0.282 e. The van der Waals surface area contributed by atoms with Crippen LogP contribution in [0.25, 0.3) is 10.9 Å². The quantitative estimate of drug-likeness (QED) is 0.293. The van der Waals surface area contributed by atoms with Gasteiger partial charge in [0.2, 0.25) is 0 Å². The van der Waals surface area contributed by atoms with Crippen molar-refractivity contribution < 1.29 is 4.74 Å². The zero-order valence-electron chi connectivity index (χ0n) is 18.0. The van der Waals surface area contributed by atoms with Crippen molar-refractivity contribution in [2.75, 3.05) is 0 Å². The standard InChI is InChI=1S/C26H24BrN3O2/c1-3-18(2)25-29-23-14-13-21(27)15-22(23)26(31)30(25)28-16-20-11-7-8-12-24(20)32-17-19-9-5-4-6-10-19/h4-16,18H,3,17H2,1-2H3/t18-/m1/s1. The predicted octanol–water partition coefficient (Wildman–Crippen LogP) is 6.13. The molecular weight excluding hydrogens is 466 g/mol. The molecule has 32 heavy (non-hydrogen) atoms. The predicted molar refractivity (Wildman–Crippen MR) is 133 cm³/mol. The molecule has 1 aromatic heterocycles. The van der Waals surface area contributed by atoms with E-state index >= 15 is 0 Å². The van der Waals surface area contributed by atoms with Crippen LogP contribution in [0.2, 0.25) is 0 Å². The van der Waals surface area contributed by atoms with Crippen molar-refractivity contribution in [2.24, 2.45) is 5.10 Å². The number of hydrogen-bond donors (Lipinski definition) is 0. The molecule has 3 aromatic carbocycles. The number of halogens is 1. The molecule has 0 aliphatic heterocycles. The monoisotopic (exact) mass is 489 g/mol. The molecule has 4 rings (SSSR count). The second kappa shape index (κ2) is 9.92. The lowest BCUT2D eigenvalue weighted by Crippen LogP contribution is -2.23. The molecule has 0 aliphatic rings. The van der Waals surface area contributed by atoms with Gasteiger partial charge in [-0.1, -0.05) is 72.2 Å². The van der Waals surface area contributed by atoms with Gasteiger partial charge in [0.05, 0.1) is 17.1 Å². The van der Waals surface area contributed by atoms with Crippen molar-refractivity contribution in [1.82, 2.24) is 9.66 Å². The van der Waals surface area contributed by atoms with E-state index < -0.39 is 0 Å². The van der Waals surface area contributed by atoms with E-state index in [0.717, 1.165) is 22.0 Å². The van der Waals surface area contributed by atoms with Gasteiger partial charge in [-0.15, -0.1) is 0 Å². The summed E-state index contributed by atoms with van der Waals surface area (Å²) in [5, 5.41) is 5.09. The third-order valence-electron chi connectivity index (χ3n) is 5.35. The van der Waals surface area contributed by atoms with Crippen LogP contribution in [-0.4, -0.2) is 15.9 Å². The zero-order valence-corrected chi connectivity index (χ0v) is 19.6. The molecule has 0 fully saturated rings. The molecule has 0 saturated carbocycles. The van der Waals surface area contributed by atoms with Gasteiger partial charge in [0.1, 0.15) is 18.2 Å². The van der Waals surface area contributed by atoms with Crippen LogP contribution in [0.3, 0.4) is 0 Å². The number of benzene rings is 3. The Morgan fingerprint density at radius 2 is 1.84 bits per heavy atom. The Bertz CT molecular complexity index is 1320. The van der Waals surface area contributed by atoms with Gasteiger partial charge < -0.3 is 4.74 Å². The SMILES string of the molecule is CC[C@@H](C)c1nc2ccc(Br)cc2c(=O)n1N=Cc1ccccc1OCc1ccccc1. The van der Waals surface area contributed by atoms with E-state index in [2.05, 4.69) is 34.9 Å². The van der Waals surface area contributed by atoms with Crippen LogP contribution in [0.5, 0.6) is 5.75 Å². The van der Waals surface area contributed by atoms with Gasteiger partial charge >= 0.3 is 0 Å². The summed E-state index contributed by atoms with van der Waals surface area (Å²) in [6, 6.07) is 23.2. The third-order valence-corrected chi connectivity index (χ3v) is 5.85. The van der Waals surface area contributed by atoms with Crippen LogP contribution in [0.4, 0.5) is 0 Å². The van der Waals surface area contributed by atoms with Crippen LogP contribution in [-0.2, 0) is 6.61 Å². The Morgan fingerprint density at radius 1 is 1.09 bits per heavy atom. The minimum atomic E-state index is -0.189. The van der Waals surface area contributed by atoms with Gasteiger partial charge in [0, 0.05) is 16.0 Å². The smallest absolute Gasteiger partial charge is 0.282 e. The highest BCUT2D eigenvalue weighted by Crippen LogP contribution is 2.22. The first-order valence-corrected chi connectivity index (χ1v) is 11.4. The first-order chi connectivity index (χ1) is 15.6. The fourth-order valence-corrected chi connectivity index (χ4v) is 3.71. The Morgan fingerprint density at radius 3 is 2.62 bits per heavy atom. The lowest BCUT2D eigenvalue weighted by Gasteiger charge is -2.14. The van der Waals surface area contributed by atoms with Crippen molar-refractivity contribution in [2.45, 2.75) is 32.8 Å². The molecule has 0 N–H and O–H groups in total. The Hall–Kier alpha value is -3.25. The lowest BCUT2D eigenvalue weighted by molar-refractivity contribution is 0.306. The fraction of sp³-hybridized carbons (Fsp3) is 0.192. The Labute approximate surface area is 195 Å². The summed E-state index contributed by atoms with van der Waals surface area (Å²) in [5.41, 5.74) is 2.36. The number of rotatable bonds is 7. The molecule has 0 radical (unpaired) electrons. The summed E-state index contributed by atoms with van der Waals surface area (Å²) < 4.78 is 8.27.